The molecule has 0 saturated heterocycles. The second-order valence-corrected chi connectivity index (χ2v) is 6.60. The number of hydrogen-bond donors (Lipinski definition) is 1. The first-order valence-corrected chi connectivity index (χ1v) is 8.35. The molecule has 3 heteroatoms. The summed E-state index contributed by atoms with van der Waals surface area (Å²) >= 11 is 0. The van der Waals surface area contributed by atoms with Crippen molar-refractivity contribution in [3.63, 3.8) is 0 Å². The van der Waals surface area contributed by atoms with Gasteiger partial charge in [-0.3, -0.25) is 4.79 Å². The van der Waals surface area contributed by atoms with Crippen molar-refractivity contribution in [1.82, 2.24) is 5.32 Å². The van der Waals surface area contributed by atoms with Gasteiger partial charge in [0.25, 0.3) is 5.91 Å². The Morgan fingerprint density at radius 1 is 1.10 bits per heavy atom. The molecule has 2 saturated carbocycles. The third-order valence-corrected chi connectivity index (χ3v) is 4.91. The molecule has 2 fully saturated rings. The zero-order valence-electron chi connectivity index (χ0n) is 13.0. The van der Waals surface area contributed by atoms with E-state index in [1.807, 2.05) is 12.1 Å². The van der Waals surface area contributed by atoms with Gasteiger partial charge in [-0.15, -0.1) is 0 Å². The lowest BCUT2D eigenvalue weighted by atomic mass is 9.94. The van der Waals surface area contributed by atoms with Crippen LogP contribution in [0.25, 0.3) is 0 Å². The minimum atomic E-state index is 0.0637. The lowest BCUT2D eigenvalue weighted by Gasteiger charge is -2.33. The predicted octanol–water partition coefficient (Wildman–Crippen LogP) is 3.60. The van der Waals surface area contributed by atoms with Gasteiger partial charge in [-0.2, -0.15) is 0 Å². The van der Waals surface area contributed by atoms with Gasteiger partial charge in [-0.05, 0) is 55.9 Å². The van der Waals surface area contributed by atoms with Crippen molar-refractivity contribution in [2.45, 2.75) is 51.0 Å². The Hall–Kier alpha value is -1.51. The number of carbonyl (C=O) groups is 1. The molecule has 0 aliphatic heterocycles. The molecule has 0 radical (unpaired) electrons. The van der Waals surface area contributed by atoms with E-state index in [0.29, 0.717) is 6.04 Å². The Labute approximate surface area is 127 Å². The molecule has 3 rings (SSSR count). The van der Waals surface area contributed by atoms with Crippen molar-refractivity contribution in [2.75, 3.05) is 18.5 Å². The van der Waals surface area contributed by atoms with Crippen LogP contribution in [0.3, 0.4) is 0 Å². The number of nitrogens with one attached hydrogen (secondary N) is 1. The van der Waals surface area contributed by atoms with E-state index in [-0.39, 0.29) is 5.91 Å². The maximum Gasteiger partial charge on any atom is 0.251 e. The molecule has 114 valence electrons. The summed E-state index contributed by atoms with van der Waals surface area (Å²) in [5.41, 5.74) is 2.00. The van der Waals surface area contributed by atoms with Crippen molar-refractivity contribution < 1.29 is 4.79 Å². The van der Waals surface area contributed by atoms with Crippen LogP contribution < -0.4 is 10.2 Å². The Kier molecular flexibility index (Phi) is 4.47. The van der Waals surface area contributed by atoms with Crippen LogP contribution in [-0.4, -0.2) is 25.5 Å². The summed E-state index contributed by atoms with van der Waals surface area (Å²) in [4.78, 5) is 14.4. The van der Waals surface area contributed by atoms with E-state index in [1.54, 1.807) is 0 Å². The molecule has 1 aromatic carbocycles. The highest BCUT2D eigenvalue weighted by Crippen LogP contribution is 2.28. The predicted molar refractivity (Wildman–Crippen MR) is 86.8 cm³/mol. The number of anilines is 1. The average Bonchev–Trinajstić information content (AvgIpc) is 3.37. The van der Waals surface area contributed by atoms with Gasteiger partial charge in [-0.1, -0.05) is 19.3 Å². The monoisotopic (exact) mass is 286 g/mol. The number of amides is 1. The first kappa shape index (κ1) is 14.4. The standard InChI is InChI=1S/C18H26N2O/c1-20(16-5-3-2-4-6-16)17-11-9-15(10-12-17)18(21)19-13-14-7-8-14/h9-12,14,16H,2-8,13H2,1H3,(H,19,21). The summed E-state index contributed by atoms with van der Waals surface area (Å²) in [5, 5.41) is 3.02. The molecule has 2 aliphatic carbocycles. The number of benzene rings is 1. The summed E-state index contributed by atoms with van der Waals surface area (Å²) in [6, 6.07) is 8.74. The lowest BCUT2D eigenvalue weighted by Crippen LogP contribution is -2.33. The summed E-state index contributed by atoms with van der Waals surface area (Å²) in [6.45, 7) is 0.836. The molecule has 0 aromatic heterocycles. The molecular weight excluding hydrogens is 260 g/mol. The van der Waals surface area contributed by atoms with Crippen LogP contribution in [0.2, 0.25) is 0 Å². The van der Waals surface area contributed by atoms with Gasteiger partial charge in [0.1, 0.15) is 0 Å². The topological polar surface area (TPSA) is 32.3 Å². The number of rotatable bonds is 5. The first-order chi connectivity index (χ1) is 10.2. The van der Waals surface area contributed by atoms with Gasteiger partial charge >= 0.3 is 0 Å². The highest BCUT2D eigenvalue weighted by Gasteiger charge is 2.22. The maximum absolute atomic E-state index is 12.0. The van der Waals surface area contributed by atoms with E-state index in [0.717, 1.165) is 18.0 Å². The van der Waals surface area contributed by atoms with E-state index in [9.17, 15) is 4.79 Å². The fourth-order valence-electron chi connectivity index (χ4n) is 3.19. The maximum atomic E-state index is 12.0. The van der Waals surface area contributed by atoms with Crippen LogP contribution in [0.15, 0.2) is 24.3 Å². The molecular formula is C18H26N2O. The Bertz CT molecular complexity index is 472. The molecule has 1 aromatic rings. The fourth-order valence-corrected chi connectivity index (χ4v) is 3.19. The zero-order chi connectivity index (χ0) is 14.7. The summed E-state index contributed by atoms with van der Waals surface area (Å²) in [7, 11) is 2.18. The van der Waals surface area contributed by atoms with Crippen molar-refractivity contribution in [1.29, 1.82) is 0 Å². The molecule has 0 unspecified atom stereocenters. The quantitative estimate of drug-likeness (QED) is 0.897. The Balaban J connectivity index is 1.58. The minimum absolute atomic E-state index is 0.0637. The zero-order valence-corrected chi connectivity index (χ0v) is 13.0. The minimum Gasteiger partial charge on any atom is -0.372 e. The normalized spacial score (nSPS) is 19.3. The van der Waals surface area contributed by atoms with Gasteiger partial charge in [0.2, 0.25) is 0 Å². The molecule has 2 aliphatic rings. The van der Waals surface area contributed by atoms with Crippen LogP contribution in [0.5, 0.6) is 0 Å². The van der Waals surface area contributed by atoms with Gasteiger partial charge in [0, 0.05) is 30.9 Å². The molecule has 0 atom stereocenters. The van der Waals surface area contributed by atoms with Crippen LogP contribution in [0.1, 0.15) is 55.3 Å². The van der Waals surface area contributed by atoms with Crippen LogP contribution >= 0.6 is 0 Å². The molecule has 1 amide bonds. The van der Waals surface area contributed by atoms with Crippen molar-refractivity contribution >= 4 is 11.6 Å². The highest BCUT2D eigenvalue weighted by molar-refractivity contribution is 5.94. The first-order valence-electron chi connectivity index (χ1n) is 8.35. The number of hydrogen-bond acceptors (Lipinski definition) is 2. The Morgan fingerprint density at radius 3 is 2.38 bits per heavy atom. The summed E-state index contributed by atoms with van der Waals surface area (Å²) in [5.74, 6) is 0.791. The van der Waals surface area contributed by atoms with E-state index >= 15 is 0 Å². The molecule has 21 heavy (non-hydrogen) atoms. The summed E-state index contributed by atoms with van der Waals surface area (Å²) in [6.07, 6.45) is 9.19. The van der Waals surface area contributed by atoms with Crippen molar-refractivity contribution in [2.24, 2.45) is 5.92 Å². The Morgan fingerprint density at radius 2 is 1.76 bits per heavy atom. The van der Waals surface area contributed by atoms with Gasteiger partial charge in [0.05, 0.1) is 0 Å². The number of nitrogens with zero attached hydrogens (tertiary/aromatic N) is 1. The van der Waals surface area contributed by atoms with E-state index < -0.39 is 0 Å². The summed E-state index contributed by atoms with van der Waals surface area (Å²) < 4.78 is 0. The number of carbonyl (C=O) groups excluding carboxylic acids is 1. The molecule has 1 N–H and O–H groups in total. The highest BCUT2D eigenvalue weighted by atomic mass is 16.1. The van der Waals surface area contributed by atoms with E-state index in [2.05, 4.69) is 29.4 Å². The van der Waals surface area contributed by atoms with Crippen LogP contribution in [-0.2, 0) is 0 Å². The molecule has 0 bridgehead atoms. The van der Waals surface area contributed by atoms with Crippen LogP contribution in [0, 0.1) is 5.92 Å². The third-order valence-electron chi connectivity index (χ3n) is 4.91. The van der Waals surface area contributed by atoms with Crippen molar-refractivity contribution in [3.8, 4) is 0 Å². The van der Waals surface area contributed by atoms with Crippen LogP contribution in [0.4, 0.5) is 5.69 Å². The molecule has 0 spiro atoms. The second kappa shape index (κ2) is 6.50. The lowest BCUT2D eigenvalue weighted by molar-refractivity contribution is 0.0952. The molecule has 0 heterocycles. The smallest absolute Gasteiger partial charge is 0.251 e. The third kappa shape index (κ3) is 3.78. The fraction of sp³-hybridized carbons (Fsp3) is 0.611. The average molecular weight is 286 g/mol. The van der Waals surface area contributed by atoms with E-state index in [1.165, 1.54) is 50.6 Å². The van der Waals surface area contributed by atoms with Gasteiger partial charge < -0.3 is 10.2 Å². The second-order valence-electron chi connectivity index (χ2n) is 6.60. The van der Waals surface area contributed by atoms with Gasteiger partial charge in [-0.25, -0.2) is 0 Å². The van der Waals surface area contributed by atoms with Crippen molar-refractivity contribution in [3.05, 3.63) is 29.8 Å². The van der Waals surface area contributed by atoms with E-state index in [4.69, 9.17) is 0 Å². The molecule has 3 nitrogen and oxygen atoms in total. The SMILES string of the molecule is CN(c1ccc(C(=O)NCC2CC2)cc1)C1CCCCC1. The largest absolute Gasteiger partial charge is 0.372 e. The van der Waals surface area contributed by atoms with Gasteiger partial charge in [0.15, 0.2) is 0 Å².